The van der Waals surface area contributed by atoms with E-state index in [0.717, 1.165) is 0 Å². The molecule has 0 aliphatic heterocycles. The Morgan fingerprint density at radius 3 is 0.474 bits per heavy atom. The molecule has 0 unspecified atom stereocenters. The zero-order valence-corrected chi connectivity index (χ0v) is 12.3. The van der Waals surface area contributed by atoms with Crippen molar-refractivity contribution in [2.24, 2.45) is 0 Å². The maximum absolute atomic E-state index is 8.55. The molecule has 0 amide bonds. The van der Waals surface area contributed by atoms with Crippen molar-refractivity contribution in [3.63, 3.8) is 0 Å². The normalized spacial score (nSPS) is 6.21. The summed E-state index contributed by atoms with van der Waals surface area (Å²) in [4.78, 5) is 51.3. The molecule has 0 aromatic carbocycles. The van der Waals surface area contributed by atoms with E-state index >= 15 is 0 Å². The summed E-state index contributed by atoms with van der Waals surface area (Å²) < 4.78 is 17.1. The molecule has 0 saturated heterocycles. The third-order valence-corrected chi connectivity index (χ3v) is 0. The fourth-order valence-electron chi connectivity index (χ4n) is 0. The van der Waals surface area contributed by atoms with Crippen LogP contribution in [0.4, 0.5) is 0 Å². The van der Waals surface area contributed by atoms with Gasteiger partial charge in [-0.3, -0.25) is 0 Å². The van der Waals surface area contributed by atoms with Crippen LogP contribution in [0.2, 0.25) is 0 Å². The molecule has 19 heavy (non-hydrogen) atoms. The van der Waals surface area contributed by atoms with Gasteiger partial charge in [0, 0.05) is 0 Å². The van der Waals surface area contributed by atoms with E-state index in [2.05, 4.69) is 0 Å². The monoisotopic (exact) mass is 951 g/mol. The van der Waals surface area contributed by atoms with Gasteiger partial charge in [0.15, 0.2) is 0 Å². The van der Waals surface area contributed by atoms with Crippen LogP contribution in [0.25, 0.3) is 0 Å². The average molecular weight is 950 g/mol. The minimum absolute atomic E-state index is 0. The Morgan fingerprint density at radius 2 is 0.474 bits per heavy atom. The summed E-state index contributed by atoms with van der Waals surface area (Å²) in [5, 5.41) is 0. The molecule has 0 rings (SSSR count). The van der Waals surface area contributed by atoms with E-state index in [1.165, 1.54) is 0 Å². The first kappa shape index (κ1) is 69.8. The second-order valence-corrected chi connectivity index (χ2v) is 2.68. The van der Waals surface area contributed by atoms with Crippen molar-refractivity contribution in [1.82, 2.24) is 0 Å². The third kappa shape index (κ3) is 167. The van der Waals surface area contributed by atoms with Crippen LogP contribution in [0.3, 0.4) is 0 Å². The standard InChI is InChI=1S/3Ba.3Mg.2H3O4P.3Sr.12H/c;;;;;;2*1-5(2,3)4;;;;;;;;;;;;;;;/h;;;;;;2*(H3,1,2,3,4);;;;;;;;;;;;;;;/q;;;3*+2;;;;;;;;;;;;;;;;;/p-6. The summed E-state index contributed by atoms with van der Waals surface area (Å²) >= 11 is 0. The van der Waals surface area contributed by atoms with Crippen molar-refractivity contribution < 1.29 is 38.5 Å². The second-order valence-electron chi connectivity index (χ2n) is 0.894. The zero-order chi connectivity index (χ0) is 9.00. The first-order valence-electron chi connectivity index (χ1n) is 1.46. The molecule has 0 aliphatic carbocycles. The Kier molecular flexibility index (Phi) is 160. The van der Waals surface area contributed by atoms with Crippen LogP contribution in [-0.4, -0.2) is 352 Å². The summed E-state index contributed by atoms with van der Waals surface area (Å²) in [6.45, 7) is 0. The first-order chi connectivity index (χ1) is 4.00. The van der Waals surface area contributed by atoms with Crippen molar-refractivity contribution in [3.8, 4) is 0 Å². The Morgan fingerprint density at radius 1 is 0.474 bits per heavy atom. The van der Waals surface area contributed by atoms with Gasteiger partial charge in [0.1, 0.15) is 0 Å². The van der Waals surface area contributed by atoms with Gasteiger partial charge in [-0.1, -0.05) is 0 Å². The van der Waals surface area contributed by atoms with E-state index < -0.39 is 15.6 Å². The molecule has 8 nitrogen and oxygen atoms in total. The van der Waals surface area contributed by atoms with E-state index in [1.54, 1.807) is 0 Å². The molecule has 0 aliphatic rings. The number of rotatable bonds is 0. The second kappa shape index (κ2) is 43.5. The molecule has 0 saturated carbocycles. The van der Waals surface area contributed by atoms with E-state index in [1.807, 2.05) is 0 Å². The van der Waals surface area contributed by atoms with E-state index in [0.29, 0.717) is 0 Å². The van der Waals surface area contributed by atoms with Crippen molar-refractivity contribution in [1.29, 1.82) is 0 Å². The third-order valence-electron chi connectivity index (χ3n) is 0. The van der Waals surface area contributed by atoms with Gasteiger partial charge in [-0.15, -0.1) is 0 Å². The van der Waals surface area contributed by atoms with Gasteiger partial charge in [-0.2, -0.15) is 15.6 Å². The summed E-state index contributed by atoms with van der Waals surface area (Å²) in [6, 6.07) is 0. The van der Waals surface area contributed by atoms with Gasteiger partial charge in [0.25, 0.3) is 0 Å². The zero-order valence-electron chi connectivity index (χ0n) is 6.28. The van der Waals surface area contributed by atoms with Crippen molar-refractivity contribution in [2.75, 3.05) is 0 Å². The summed E-state index contributed by atoms with van der Waals surface area (Å²) in [6.07, 6.45) is 0. The van der Waals surface area contributed by atoms with Crippen molar-refractivity contribution in [3.05, 3.63) is 0 Å². The van der Waals surface area contributed by atoms with Crippen molar-refractivity contribution >= 4 is 368 Å². The molecule has 19 heteroatoms. The van der Waals surface area contributed by atoms with Crippen LogP contribution in [0, 0.1) is 0 Å². The molecule has 0 bridgehead atoms. The van der Waals surface area contributed by atoms with Crippen molar-refractivity contribution in [2.45, 2.75) is 0 Å². The molecule has 0 heterocycles. The van der Waals surface area contributed by atoms with Gasteiger partial charge in [0.2, 0.25) is 0 Å². The maximum atomic E-state index is 8.55. The van der Waals surface area contributed by atoms with Gasteiger partial charge < -0.3 is 38.5 Å². The molecule has 0 fully saturated rings. The van der Waals surface area contributed by atoms with Crippen LogP contribution in [0.5, 0.6) is 0 Å². The van der Waals surface area contributed by atoms with Gasteiger partial charge in [-0.25, -0.2) is 0 Å². The van der Waals surface area contributed by atoms with Crippen LogP contribution >= 0.6 is 15.6 Å². The molecular weight excluding hydrogens is 938 g/mol. The molecule has 0 aromatic rings. The molecule has 0 spiro atoms. The molecular formula is H12Ba3Mg3O8P2Sr3. The SMILES string of the molecule is O=P([O-])([O-])[O-].O=P([O-])([O-])[O-].[BaH2].[BaH2].[BaH2].[Mg+2].[Mg+2].[Mg+2].[SrH2].[SrH2].[SrH2]. The topological polar surface area (TPSA) is 172 Å². The molecule has 0 N–H and O–H groups in total. The Balaban J connectivity index is -0.00000000508. The number of hydrogen-bond acceptors (Lipinski definition) is 8. The molecule has 88 valence electrons. The molecule has 0 atom stereocenters. The predicted molar refractivity (Wildman–Crippen MR) is 83.7 cm³/mol. The van der Waals surface area contributed by atoms with E-state index in [-0.39, 0.29) is 352 Å². The Bertz CT molecular complexity index is 153. The predicted octanol–water partition coefficient (Wildman–Crippen LogP) is -12.3. The quantitative estimate of drug-likeness (QED) is 0.170. The summed E-state index contributed by atoms with van der Waals surface area (Å²) in [5.74, 6) is 0. The minimum atomic E-state index is -5.39. The van der Waals surface area contributed by atoms with Crippen LogP contribution in [0.15, 0.2) is 0 Å². The van der Waals surface area contributed by atoms with Gasteiger partial charge in [0.05, 0.1) is 0 Å². The summed E-state index contributed by atoms with van der Waals surface area (Å²) in [5.41, 5.74) is 0. The van der Waals surface area contributed by atoms with Gasteiger partial charge >= 0.3 is 352 Å². The molecule has 0 radical (unpaired) electrons. The van der Waals surface area contributed by atoms with Crippen LogP contribution in [-0.2, 0) is 9.13 Å². The van der Waals surface area contributed by atoms with Crippen LogP contribution in [0.1, 0.15) is 0 Å². The first-order valence-corrected chi connectivity index (χ1v) is 4.38. The van der Waals surface area contributed by atoms with E-state index in [4.69, 9.17) is 38.5 Å². The average Bonchev–Trinajstić information content (AvgIpc) is 1.12. The summed E-state index contributed by atoms with van der Waals surface area (Å²) in [7, 11) is -10.8. The number of phosphoric acid groups is 2. The Hall–Kier alpha value is 11.7. The van der Waals surface area contributed by atoms with E-state index in [9.17, 15) is 0 Å². The fourth-order valence-corrected chi connectivity index (χ4v) is 0. The fraction of sp³-hybridized carbons (Fsp3) is 0. The van der Waals surface area contributed by atoms with Crippen LogP contribution < -0.4 is 29.4 Å². The van der Waals surface area contributed by atoms with Gasteiger partial charge in [-0.05, 0) is 0 Å². The Labute approximate surface area is 392 Å². The number of hydrogen-bond donors (Lipinski definition) is 0. The molecule has 0 aromatic heterocycles.